The monoisotopic (exact) mass is 367 g/mol. The van der Waals surface area contributed by atoms with Crippen molar-refractivity contribution in [2.24, 2.45) is 0 Å². The standard InChI is InChI=1S/C15H21N5O4S/c1-9-6-19(7-10(2)24-9)12(22)8-25-15-17-13-11(14(23)18-15)5-16-20(13)3-4-21/h5,9-10,21H,3-4,6-8H2,1-2H3,(H,17,18,23)/t9-,10-/m0/s1. The van der Waals surface area contributed by atoms with Gasteiger partial charge in [0.15, 0.2) is 10.8 Å². The maximum Gasteiger partial charge on any atom is 0.262 e. The number of carbonyl (C=O) groups is 1. The first kappa shape index (κ1) is 17.9. The van der Waals surface area contributed by atoms with Crippen LogP contribution in [0.4, 0.5) is 0 Å². The summed E-state index contributed by atoms with van der Waals surface area (Å²) in [6, 6.07) is 0. The van der Waals surface area contributed by atoms with E-state index in [4.69, 9.17) is 9.84 Å². The number of fused-ring (bicyclic) bond motifs is 1. The highest BCUT2D eigenvalue weighted by Gasteiger charge is 2.26. The fraction of sp³-hybridized carbons (Fsp3) is 0.600. The number of aromatic nitrogens is 4. The van der Waals surface area contributed by atoms with Crippen molar-refractivity contribution in [3.63, 3.8) is 0 Å². The fourth-order valence-corrected chi connectivity index (χ4v) is 3.63. The number of nitrogens with one attached hydrogen (secondary N) is 1. The predicted molar refractivity (Wildman–Crippen MR) is 92.5 cm³/mol. The summed E-state index contributed by atoms with van der Waals surface area (Å²) in [5, 5.41) is 13.8. The number of aromatic amines is 1. The van der Waals surface area contributed by atoms with Gasteiger partial charge < -0.3 is 19.7 Å². The second kappa shape index (κ2) is 7.54. The van der Waals surface area contributed by atoms with Gasteiger partial charge in [-0.3, -0.25) is 9.59 Å². The molecular weight excluding hydrogens is 346 g/mol. The highest BCUT2D eigenvalue weighted by molar-refractivity contribution is 7.99. The van der Waals surface area contributed by atoms with Gasteiger partial charge in [-0.05, 0) is 13.8 Å². The van der Waals surface area contributed by atoms with E-state index in [1.54, 1.807) is 4.90 Å². The summed E-state index contributed by atoms with van der Waals surface area (Å²) in [4.78, 5) is 33.3. The second-order valence-corrected chi connectivity index (χ2v) is 7.01. The molecule has 136 valence electrons. The molecule has 0 aliphatic carbocycles. The van der Waals surface area contributed by atoms with Gasteiger partial charge in [0.1, 0.15) is 5.39 Å². The van der Waals surface area contributed by atoms with Gasteiger partial charge in [0.2, 0.25) is 5.91 Å². The lowest BCUT2D eigenvalue weighted by atomic mass is 10.2. The Labute approximate surface area is 148 Å². The molecule has 25 heavy (non-hydrogen) atoms. The van der Waals surface area contributed by atoms with Gasteiger partial charge in [0.05, 0.1) is 37.3 Å². The molecule has 2 atom stereocenters. The summed E-state index contributed by atoms with van der Waals surface area (Å²) in [6.07, 6.45) is 1.45. The van der Waals surface area contributed by atoms with E-state index in [0.717, 1.165) is 0 Å². The molecule has 0 unspecified atom stereocenters. The molecule has 0 saturated carbocycles. The lowest BCUT2D eigenvalue weighted by Crippen LogP contribution is -2.48. The van der Waals surface area contributed by atoms with E-state index in [1.165, 1.54) is 22.6 Å². The van der Waals surface area contributed by atoms with Gasteiger partial charge in [0.25, 0.3) is 5.56 Å². The third-order valence-electron chi connectivity index (χ3n) is 3.90. The zero-order chi connectivity index (χ0) is 18.0. The Morgan fingerprint density at radius 3 is 2.84 bits per heavy atom. The molecule has 10 heteroatoms. The Morgan fingerprint density at radius 1 is 1.44 bits per heavy atom. The molecule has 1 amide bonds. The molecule has 2 aromatic rings. The minimum Gasteiger partial charge on any atom is -0.394 e. The fourth-order valence-electron chi connectivity index (χ4n) is 2.88. The maximum absolute atomic E-state index is 12.4. The number of rotatable bonds is 5. The molecule has 0 bridgehead atoms. The molecule has 3 heterocycles. The van der Waals surface area contributed by atoms with Crippen molar-refractivity contribution in [1.82, 2.24) is 24.6 Å². The van der Waals surface area contributed by atoms with E-state index in [0.29, 0.717) is 29.3 Å². The van der Waals surface area contributed by atoms with Crippen molar-refractivity contribution in [3.8, 4) is 0 Å². The number of aliphatic hydroxyl groups excluding tert-OH is 1. The largest absolute Gasteiger partial charge is 0.394 e. The summed E-state index contributed by atoms with van der Waals surface area (Å²) in [5.41, 5.74) is 0.0964. The summed E-state index contributed by atoms with van der Waals surface area (Å²) in [5.74, 6) is 0.167. The number of hydrogen-bond acceptors (Lipinski definition) is 7. The number of hydrogen-bond donors (Lipinski definition) is 2. The molecule has 2 aromatic heterocycles. The summed E-state index contributed by atoms with van der Waals surface area (Å²) in [6.45, 7) is 5.18. The second-order valence-electron chi connectivity index (χ2n) is 6.04. The van der Waals surface area contributed by atoms with Crippen LogP contribution in [0.15, 0.2) is 16.1 Å². The minimum absolute atomic E-state index is 0.0137. The van der Waals surface area contributed by atoms with Crippen LogP contribution in [-0.2, 0) is 16.1 Å². The number of carbonyl (C=O) groups excluding carboxylic acids is 1. The van der Waals surface area contributed by atoms with Gasteiger partial charge in [-0.25, -0.2) is 9.67 Å². The van der Waals surface area contributed by atoms with Crippen molar-refractivity contribution in [3.05, 3.63) is 16.6 Å². The molecular formula is C15H21N5O4S. The van der Waals surface area contributed by atoms with Crippen LogP contribution in [0, 0.1) is 0 Å². The van der Waals surface area contributed by atoms with Gasteiger partial charge in [-0.1, -0.05) is 11.8 Å². The summed E-state index contributed by atoms with van der Waals surface area (Å²) >= 11 is 1.18. The lowest BCUT2D eigenvalue weighted by Gasteiger charge is -2.35. The first-order valence-electron chi connectivity index (χ1n) is 8.10. The van der Waals surface area contributed by atoms with Crippen LogP contribution >= 0.6 is 11.8 Å². The molecule has 1 aliphatic rings. The quantitative estimate of drug-likeness (QED) is 0.558. The number of ether oxygens (including phenoxy) is 1. The van der Waals surface area contributed by atoms with Crippen molar-refractivity contribution >= 4 is 28.7 Å². The van der Waals surface area contributed by atoms with E-state index in [9.17, 15) is 9.59 Å². The zero-order valence-corrected chi connectivity index (χ0v) is 15.0. The Bertz CT molecular complexity index is 810. The molecule has 3 rings (SSSR count). The van der Waals surface area contributed by atoms with Crippen LogP contribution in [-0.4, -0.2) is 73.3 Å². The predicted octanol–water partition coefficient (Wildman–Crippen LogP) is -0.160. The number of H-pyrrole nitrogens is 1. The Kier molecular flexibility index (Phi) is 5.40. The Hall–Kier alpha value is -1.91. The first-order chi connectivity index (χ1) is 12.0. The van der Waals surface area contributed by atoms with E-state index < -0.39 is 0 Å². The van der Waals surface area contributed by atoms with Crippen molar-refractivity contribution in [1.29, 1.82) is 0 Å². The van der Waals surface area contributed by atoms with Crippen LogP contribution in [0.5, 0.6) is 0 Å². The third-order valence-corrected chi connectivity index (χ3v) is 4.76. The summed E-state index contributed by atoms with van der Waals surface area (Å²) in [7, 11) is 0. The van der Waals surface area contributed by atoms with Gasteiger partial charge in [-0.2, -0.15) is 5.10 Å². The molecule has 1 saturated heterocycles. The number of amides is 1. The van der Waals surface area contributed by atoms with Crippen molar-refractivity contribution in [2.45, 2.75) is 37.8 Å². The van der Waals surface area contributed by atoms with Crippen LogP contribution < -0.4 is 5.56 Å². The minimum atomic E-state index is -0.308. The summed E-state index contributed by atoms with van der Waals surface area (Å²) < 4.78 is 7.10. The third kappa shape index (κ3) is 4.02. The average Bonchev–Trinajstić information content (AvgIpc) is 2.96. The Morgan fingerprint density at radius 2 is 2.16 bits per heavy atom. The lowest BCUT2D eigenvalue weighted by molar-refractivity contribution is -0.140. The molecule has 9 nitrogen and oxygen atoms in total. The van der Waals surface area contributed by atoms with E-state index >= 15 is 0 Å². The topological polar surface area (TPSA) is 113 Å². The van der Waals surface area contributed by atoms with Crippen LogP contribution in [0.25, 0.3) is 11.0 Å². The number of nitrogens with zero attached hydrogens (tertiary/aromatic N) is 4. The Balaban J connectivity index is 1.71. The normalized spacial score (nSPS) is 21.0. The number of aliphatic hydroxyl groups is 1. The molecule has 0 radical (unpaired) electrons. The van der Waals surface area contributed by atoms with Gasteiger partial charge in [0, 0.05) is 13.1 Å². The first-order valence-corrected chi connectivity index (χ1v) is 9.09. The van der Waals surface area contributed by atoms with Crippen LogP contribution in [0.1, 0.15) is 13.8 Å². The molecule has 1 aliphatic heterocycles. The zero-order valence-electron chi connectivity index (χ0n) is 14.1. The van der Waals surface area contributed by atoms with Crippen LogP contribution in [0.2, 0.25) is 0 Å². The smallest absolute Gasteiger partial charge is 0.262 e. The van der Waals surface area contributed by atoms with Gasteiger partial charge in [-0.15, -0.1) is 0 Å². The van der Waals surface area contributed by atoms with E-state index in [-0.39, 0.29) is 42.6 Å². The van der Waals surface area contributed by atoms with E-state index in [2.05, 4.69) is 15.1 Å². The SMILES string of the molecule is C[C@H]1CN(C(=O)CSc2nc3c(cnn3CCO)c(=O)[nH]2)C[C@H](C)O1. The molecule has 0 aromatic carbocycles. The van der Waals surface area contributed by atoms with Crippen molar-refractivity contribution < 1.29 is 14.6 Å². The number of thioether (sulfide) groups is 1. The van der Waals surface area contributed by atoms with E-state index in [1.807, 2.05) is 13.8 Å². The number of morpholine rings is 1. The highest BCUT2D eigenvalue weighted by atomic mass is 32.2. The highest BCUT2D eigenvalue weighted by Crippen LogP contribution is 2.17. The molecule has 1 fully saturated rings. The van der Waals surface area contributed by atoms with Crippen molar-refractivity contribution in [2.75, 3.05) is 25.4 Å². The molecule has 0 spiro atoms. The maximum atomic E-state index is 12.4. The average molecular weight is 367 g/mol. The van der Waals surface area contributed by atoms with Crippen LogP contribution in [0.3, 0.4) is 0 Å². The van der Waals surface area contributed by atoms with Gasteiger partial charge >= 0.3 is 0 Å². The molecule has 2 N–H and O–H groups in total.